The topological polar surface area (TPSA) is 41.1 Å². The van der Waals surface area contributed by atoms with Crippen molar-refractivity contribution >= 4 is 18.3 Å². The SMILES string of the molecule is CCCNCCNC(=O)C(C)(C)CCCc1ccccc1.Cl. The first-order valence-corrected chi connectivity index (χ1v) is 8.09. The maximum Gasteiger partial charge on any atom is 0.225 e. The van der Waals surface area contributed by atoms with Gasteiger partial charge in [-0.05, 0) is 37.8 Å². The van der Waals surface area contributed by atoms with Crippen molar-refractivity contribution in [2.24, 2.45) is 5.41 Å². The molecule has 0 bridgehead atoms. The number of hydrogen-bond acceptors (Lipinski definition) is 2. The Morgan fingerprint density at radius 3 is 2.41 bits per heavy atom. The Bertz CT molecular complexity index is 407. The van der Waals surface area contributed by atoms with Gasteiger partial charge in [-0.25, -0.2) is 0 Å². The molecule has 1 aromatic rings. The summed E-state index contributed by atoms with van der Waals surface area (Å²) in [7, 11) is 0. The molecule has 126 valence electrons. The maximum absolute atomic E-state index is 12.2. The Morgan fingerprint density at radius 2 is 1.77 bits per heavy atom. The lowest BCUT2D eigenvalue weighted by Crippen LogP contribution is -2.40. The number of carbonyl (C=O) groups is 1. The molecule has 0 saturated carbocycles. The molecule has 22 heavy (non-hydrogen) atoms. The highest BCUT2D eigenvalue weighted by Gasteiger charge is 2.26. The van der Waals surface area contributed by atoms with Crippen LogP contribution in [0.3, 0.4) is 0 Å². The van der Waals surface area contributed by atoms with Crippen molar-refractivity contribution in [2.45, 2.75) is 46.5 Å². The molecule has 0 aliphatic rings. The molecule has 0 atom stereocenters. The van der Waals surface area contributed by atoms with E-state index < -0.39 is 0 Å². The number of halogens is 1. The third-order valence-corrected chi connectivity index (χ3v) is 3.74. The third-order valence-electron chi connectivity index (χ3n) is 3.74. The Hall–Kier alpha value is -1.06. The van der Waals surface area contributed by atoms with Crippen molar-refractivity contribution in [2.75, 3.05) is 19.6 Å². The van der Waals surface area contributed by atoms with E-state index in [-0.39, 0.29) is 23.7 Å². The van der Waals surface area contributed by atoms with Gasteiger partial charge in [-0.15, -0.1) is 12.4 Å². The second-order valence-corrected chi connectivity index (χ2v) is 6.23. The van der Waals surface area contributed by atoms with Crippen molar-refractivity contribution in [3.05, 3.63) is 35.9 Å². The van der Waals surface area contributed by atoms with Gasteiger partial charge in [0, 0.05) is 18.5 Å². The quantitative estimate of drug-likeness (QED) is 0.645. The molecule has 0 spiro atoms. The van der Waals surface area contributed by atoms with Crippen LogP contribution in [-0.2, 0) is 11.2 Å². The lowest BCUT2D eigenvalue weighted by molar-refractivity contribution is -0.129. The molecule has 2 N–H and O–H groups in total. The van der Waals surface area contributed by atoms with E-state index in [9.17, 15) is 4.79 Å². The normalized spacial score (nSPS) is 10.9. The highest BCUT2D eigenvalue weighted by Crippen LogP contribution is 2.23. The molecule has 0 radical (unpaired) electrons. The first kappa shape index (κ1) is 20.9. The van der Waals surface area contributed by atoms with Gasteiger partial charge in [-0.2, -0.15) is 0 Å². The number of benzene rings is 1. The predicted octanol–water partition coefficient (Wildman–Crippen LogP) is 3.57. The zero-order valence-corrected chi connectivity index (χ0v) is 15.0. The van der Waals surface area contributed by atoms with Crippen LogP contribution in [0.4, 0.5) is 0 Å². The van der Waals surface area contributed by atoms with Gasteiger partial charge in [-0.3, -0.25) is 4.79 Å². The molecule has 3 nitrogen and oxygen atoms in total. The molecule has 0 aromatic heterocycles. The summed E-state index contributed by atoms with van der Waals surface area (Å²) in [6.45, 7) is 8.78. The van der Waals surface area contributed by atoms with Crippen LogP contribution in [0.1, 0.15) is 45.6 Å². The lowest BCUT2D eigenvalue weighted by Gasteiger charge is -2.23. The number of amides is 1. The van der Waals surface area contributed by atoms with Crippen LogP contribution in [-0.4, -0.2) is 25.5 Å². The average Bonchev–Trinajstić information content (AvgIpc) is 2.47. The van der Waals surface area contributed by atoms with E-state index in [1.165, 1.54) is 5.56 Å². The van der Waals surface area contributed by atoms with E-state index in [1.54, 1.807) is 0 Å². The Kier molecular flexibility index (Phi) is 10.9. The van der Waals surface area contributed by atoms with E-state index in [0.717, 1.165) is 38.8 Å². The molecule has 0 fully saturated rings. The average molecular weight is 327 g/mol. The van der Waals surface area contributed by atoms with Crippen LogP contribution in [0, 0.1) is 5.41 Å². The summed E-state index contributed by atoms with van der Waals surface area (Å²) in [6, 6.07) is 10.5. The molecular formula is C18H31ClN2O. The fourth-order valence-corrected chi connectivity index (χ4v) is 2.30. The van der Waals surface area contributed by atoms with Gasteiger partial charge in [0.05, 0.1) is 0 Å². The van der Waals surface area contributed by atoms with Gasteiger partial charge in [0.25, 0.3) is 0 Å². The Morgan fingerprint density at radius 1 is 1.09 bits per heavy atom. The first-order valence-electron chi connectivity index (χ1n) is 8.09. The number of hydrogen-bond donors (Lipinski definition) is 2. The van der Waals surface area contributed by atoms with Gasteiger partial charge in [0.1, 0.15) is 0 Å². The summed E-state index contributed by atoms with van der Waals surface area (Å²) >= 11 is 0. The second-order valence-electron chi connectivity index (χ2n) is 6.23. The highest BCUT2D eigenvalue weighted by atomic mass is 35.5. The van der Waals surface area contributed by atoms with Crippen molar-refractivity contribution in [3.8, 4) is 0 Å². The predicted molar refractivity (Wildman–Crippen MR) is 96.6 cm³/mol. The zero-order chi connectivity index (χ0) is 15.6. The van der Waals surface area contributed by atoms with Crippen LogP contribution >= 0.6 is 12.4 Å². The summed E-state index contributed by atoms with van der Waals surface area (Å²) in [4.78, 5) is 12.2. The van der Waals surface area contributed by atoms with Gasteiger partial charge in [-0.1, -0.05) is 51.1 Å². The summed E-state index contributed by atoms with van der Waals surface area (Å²) < 4.78 is 0. The van der Waals surface area contributed by atoms with E-state index >= 15 is 0 Å². The molecule has 4 heteroatoms. The first-order chi connectivity index (χ1) is 10.1. The fourth-order valence-electron chi connectivity index (χ4n) is 2.30. The van der Waals surface area contributed by atoms with Crippen LogP contribution < -0.4 is 10.6 Å². The van der Waals surface area contributed by atoms with Crippen molar-refractivity contribution in [1.29, 1.82) is 0 Å². The standard InChI is InChI=1S/C18H30N2O.ClH/c1-4-13-19-14-15-20-17(21)18(2,3)12-8-11-16-9-6-5-7-10-16;/h5-7,9-10,19H,4,8,11-15H2,1-3H3,(H,20,21);1H. The monoisotopic (exact) mass is 326 g/mol. The molecule has 0 saturated heterocycles. The van der Waals surface area contributed by atoms with Crippen LogP contribution in [0.5, 0.6) is 0 Å². The van der Waals surface area contributed by atoms with E-state index in [2.05, 4.69) is 41.8 Å². The minimum absolute atomic E-state index is 0. The largest absolute Gasteiger partial charge is 0.354 e. The van der Waals surface area contributed by atoms with Gasteiger partial charge in [0.15, 0.2) is 0 Å². The summed E-state index contributed by atoms with van der Waals surface area (Å²) in [5.74, 6) is 0.161. The van der Waals surface area contributed by atoms with Gasteiger partial charge < -0.3 is 10.6 Å². The molecule has 1 rings (SSSR count). The lowest BCUT2D eigenvalue weighted by atomic mass is 9.85. The van der Waals surface area contributed by atoms with Crippen molar-refractivity contribution in [3.63, 3.8) is 0 Å². The molecule has 0 unspecified atom stereocenters. The van der Waals surface area contributed by atoms with Crippen molar-refractivity contribution in [1.82, 2.24) is 10.6 Å². The molecule has 1 amide bonds. The van der Waals surface area contributed by atoms with E-state index in [0.29, 0.717) is 6.54 Å². The number of nitrogens with one attached hydrogen (secondary N) is 2. The summed E-state index contributed by atoms with van der Waals surface area (Å²) in [6.07, 6.45) is 4.11. The van der Waals surface area contributed by atoms with Crippen molar-refractivity contribution < 1.29 is 4.79 Å². The Labute approximate surface area is 141 Å². The molecule has 0 heterocycles. The number of aryl methyl sites for hydroxylation is 1. The van der Waals surface area contributed by atoms with Crippen LogP contribution in [0.25, 0.3) is 0 Å². The van der Waals surface area contributed by atoms with Gasteiger partial charge >= 0.3 is 0 Å². The summed E-state index contributed by atoms with van der Waals surface area (Å²) in [5, 5.41) is 6.32. The number of carbonyl (C=O) groups excluding carboxylic acids is 1. The fraction of sp³-hybridized carbons (Fsp3) is 0.611. The molecule has 0 aliphatic heterocycles. The smallest absolute Gasteiger partial charge is 0.225 e. The number of rotatable bonds is 10. The second kappa shape index (κ2) is 11.5. The third kappa shape index (κ3) is 8.40. The van der Waals surface area contributed by atoms with Gasteiger partial charge in [0.2, 0.25) is 5.91 Å². The van der Waals surface area contributed by atoms with E-state index in [1.807, 2.05) is 19.9 Å². The van der Waals surface area contributed by atoms with Crippen LogP contribution in [0.15, 0.2) is 30.3 Å². The summed E-state index contributed by atoms with van der Waals surface area (Å²) in [5.41, 5.74) is 1.05. The Balaban J connectivity index is 0.00000441. The molecular weight excluding hydrogens is 296 g/mol. The maximum atomic E-state index is 12.2. The highest BCUT2D eigenvalue weighted by molar-refractivity contribution is 5.85. The minimum Gasteiger partial charge on any atom is -0.354 e. The zero-order valence-electron chi connectivity index (χ0n) is 14.2. The van der Waals surface area contributed by atoms with E-state index in [4.69, 9.17) is 0 Å². The van der Waals surface area contributed by atoms with Crippen LogP contribution in [0.2, 0.25) is 0 Å². The molecule has 0 aliphatic carbocycles. The molecule has 1 aromatic carbocycles. The minimum atomic E-state index is -0.292.